The number of urea groups is 1. The molecule has 2 aromatic rings. The summed E-state index contributed by atoms with van der Waals surface area (Å²) in [5.74, 6) is -1.73. The highest BCUT2D eigenvalue weighted by Gasteiger charge is 2.36. The fourth-order valence-electron chi connectivity index (χ4n) is 4.27. The second-order valence-corrected chi connectivity index (χ2v) is 9.09. The maximum absolute atomic E-state index is 11.9. The van der Waals surface area contributed by atoms with Crippen LogP contribution >= 0.6 is 11.3 Å². The van der Waals surface area contributed by atoms with Crippen LogP contribution in [0.5, 0.6) is 0 Å². The molecule has 1 unspecified atom stereocenters. The zero-order chi connectivity index (χ0) is 23.4. The van der Waals surface area contributed by atoms with Gasteiger partial charge in [-0.25, -0.2) is 4.79 Å². The summed E-state index contributed by atoms with van der Waals surface area (Å²) in [4.78, 5) is 37.5. The van der Waals surface area contributed by atoms with Gasteiger partial charge in [-0.3, -0.25) is 19.8 Å². The van der Waals surface area contributed by atoms with Crippen molar-refractivity contribution in [2.45, 2.75) is 57.3 Å². The van der Waals surface area contributed by atoms with Gasteiger partial charge in [-0.1, -0.05) is 31.0 Å². The van der Waals surface area contributed by atoms with E-state index in [9.17, 15) is 24.6 Å². The highest BCUT2D eigenvalue weighted by atomic mass is 32.1. The molecule has 172 valence electrons. The first kappa shape index (κ1) is 23.7. The van der Waals surface area contributed by atoms with E-state index in [1.807, 2.05) is 29.2 Å². The Morgan fingerprint density at radius 3 is 2.47 bits per heavy atom. The molecule has 1 aromatic carbocycles. The average Bonchev–Trinajstić information content (AvgIpc) is 3.37. The number of rotatable bonds is 9. The third kappa shape index (κ3) is 5.45. The zero-order valence-corrected chi connectivity index (χ0v) is 18.6. The smallest absolute Gasteiger partial charge is 0.323 e. The summed E-state index contributed by atoms with van der Waals surface area (Å²) < 4.78 is 0. The van der Waals surface area contributed by atoms with Crippen LogP contribution in [-0.4, -0.2) is 51.2 Å². The van der Waals surface area contributed by atoms with Crippen LogP contribution in [0.1, 0.15) is 48.5 Å². The van der Waals surface area contributed by atoms with E-state index >= 15 is 0 Å². The first-order chi connectivity index (χ1) is 15.2. The van der Waals surface area contributed by atoms with Crippen LogP contribution in [0.3, 0.4) is 0 Å². The van der Waals surface area contributed by atoms with Gasteiger partial charge in [0.2, 0.25) is 0 Å². The van der Waals surface area contributed by atoms with Crippen molar-refractivity contribution in [3.63, 3.8) is 0 Å². The van der Waals surface area contributed by atoms with Gasteiger partial charge in [-0.15, -0.1) is 11.3 Å². The number of nitrogens with two attached hydrogens (primary N) is 2. The predicted molar refractivity (Wildman–Crippen MR) is 122 cm³/mol. The molecule has 10 heteroatoms. The molecule has 0 saturated heterocycles. The van der Waals surface area contributed by atoms with Gasteiger partial charge in [0.15, 0.2) is 0 Å². The number of carbonyl (C=O) groups is 3. The van der Waals surface area contributed by atoms with Crippen LogP contribution in [0.25, 0.3) is 10.4 Å². The monoisotopic (exact) mass is 460 g/mol. The minimum atomic E-state index is -1.05. The molecule has 3 amide bonds. The Morgan fingerprint density at radius 2 is 1.91 bits per heavy atom. The molecule has 1 fully saturated rings. The van der Waals surface area contributed by atoms with Crippen LogP contribution in [0.4, 0.5) is 9.80 Å². The lowest BCUT2D eigenvalue weighted by Crippen LogP contribution is -2.51. The number of hydrogen-bond donors (Lipinski definition) is 5. The Balaban J connectivity index is 1.93. The lowest BCUT2D eigenvalue weighted by molar-refractivity contribution is -0.149. The first-order valence-electron chi connectivity index (χ1n) is 10.4. The third-order valence-corrected chi connectivity index (χ3v) is 6.77. The van der Waals surface area contributed by atoms with Gasteiger partial charge in [0, 0.05) is 17.5 Å². The van der Waals surface area contributed by atoms with Crippen molar-refractivity contribution in [1.29, 1.82) is 0 Å². The molecule has 3 rings (SSSR count). The lowest BCUT2D eigenvalue weighted by atomic mass is 10.0. The molecule has 0 aliphatic heterocycles. The summed E-state index contributed by atoms with van der Waals surface area (Å²) in [5, 5.41) is 22.6. The summed E-state index contributed by atoms with van der Waals surface area (Å²) in [7, 11) is 0. The molecule has 0 bridgehead atoms. The number of amides is 3. The quantitative estimate of drug-likeness (QED) is 0.387. The van der Waals surface area contributed by atoms with Gasteiger partial charge >= 0.3 is 12.0 Å². The number of aliphatic hydroxyl groups excluding tert-OH is 1. The number of nitrogens with zero attached hydrogens (tertiary/aromatic N) is 1. The van der Waals surface area contributed by atoms with E-state index in [0.717, 1.165) is 36.8 Å². The number of nitrogens with one attached hydrogen (secondary N) is 1. The van der Waals surface area contributed by atoms with Gasteiger partial charge in [0.25, 0.3) is 5.91 Å². The Bertz CT molecular complexity index is 1000. The summed E-state index contributed by atoms with van der Waals surface area (Å²) >= 11 is 1.18. The van der Waals surface area contributed by atoms with E-state index < -0.39 is 30.1 Å². The molecule has 9 nitrogen and oxygen atoms in total. The highest BCUT2D eigenvalue weighted by Crippen LogP contribution is 2.36. The predicted octanol–water partition coefficient (Wildman–Crippen LogP) is 2.58. The SMILES string of the molecule is CC(O)[C@@H](C(=O)O)N(Cc1cccc(-c2cc(C(N)=O)c(NC(N)=O)s2)c1)C1CCCC1. The fourth-order valence-corrected chi connectivity index (χ4v) is 5.33. The summed E-state index contributed by atoms with van der Waals surface area (Å²) in [5.41, 5.74) is 12.5. The van der Waals surface area contributed by atoms with E-state index in [1.54, 1.807) is 6.07 Å². The van der Waals surface area contributed by atoms with Crippen molar-refractivity contribution in [3.8, 4) is 10.4 Å². The van der Waals surface area contributed by atoms with E-state index in [0.29, 0.717) is 11.4 Å². The van der Waals surface area contributed by atoms with E-state index in [-0.39, 0.29) is 16.6 Å². The summed E-state index contributed by atoms with van der Waals surface area (Å²) in [6, 6.07) is 7.41. The number of benzene rings is 1. The summed E-state index contributed by atoms with van der Waals surface area (Å²) in [6.07, 6.45) is 2.84. The number of aliphatic hydroxyl groups is 1. The van der Waals surface area contributed by atoms with Crippen molar-refractivity contribution in [1.82, 2.24) is 4.90 Å². The van der Waals surface area contributed by atoms with Gasteiger partial charge in [0.1, 0.15) is 11.0 Å². The van der Waals surface area contributed by atoms with Gasteiger partial charge in [0.05, 0.1) is 11.7 Å². The Morgan fingerprint density at radius 1 is 1.22 bits per heavy atom. The number of carboxylic acid groups (broad SMARTS) is 1. The normalized spacial score (nSPS) is 16.1. The van der Waals surface area contributed by atoms with Crippen LogP contribution < -0.4 is 16.8 Å². The molecule has 1 aliphatic carbocycles. The highest BCUT2D eigenvalue weighted by molar-refractivity contribution is 7.20. The van der Waals surface area contributed by atoms with Crippen molar-refractivity contribution in [2.75, 3.05) is 5.32 Å². The van der Waals surface area contributed by atoms with Crippen LogP contribution in [-0.2, 0) is 11.3 Å². The minimum absolute atomic E-state index is 0.0870. The summed E-state index contributed by atoms with van der Waals surface area (Å²) in [6.45, 7) is 1.86. The molecule has 1 aliphatic rings. The number of primary amides is 2. The van der Waals surface area contributed by atoms with Crippen molar-refractivity contribution in [2.24, 2.45) is 11.5 Å². The van der Waals surface area contributed by atoms with Gasteiger partial charge < -0.3 is 21.7 Å². The fraction of sp³-hybridized carbons (Fsp3) is 0.409. The number of hydrogen-bond acceptors (Lipinski definition) is 6. The molecule has 1 heterocycles. The molecule has 1 aromatic heterocycles. The number of thiophene rings is 1. The van der Waals surface area contributed by atoms with Crippen molar-refractivity contribution >= 4 is 34.2 Å². The van der Waals surface area contributed by atoms with Gasteiger partial charge in [-0.2, -0.15) is 0 Å². The Kier molecular flexibility index (Phi) is 7.49. The minimum Gasteiger partial charge on any atom is -0.480 e. The largest absolute Gasteiger partial charge is 0.480 e. The second-order valence-electron chi connectivity index (χ2n) is 8.04. The molecule has 2 atom stereocenters. The van der Waals surface area contributed by atoms with Crippen LogP contribution in [0, 0.1) is 0 Å². The number of carboxylic acids is 1. The van der Waals surface area contributed by atoms with Gasteiger partial charge in [-0.05, 0) is 43.0 Å². The molecule has 0 spiro atoms. The number of anilines is 1. The van der Waals surface area contributed by atoms with E-state index in [1.165, 1.54) is 18.3 Å². The average molecular weight is 461 g/mol. The second kappa shape index (κ2) is 10.1. The zero-order valence-electron chi connectivity index (χ0n) is 17.8. The molecule has 1 saturated carbocycles. The first-order valence-corrected chi connectivity index (χ1v) is 11.2. The molecular weight excluding hydrogens is 432 g/mol. The molecule has 7 N–H and O–H groups in total. The van der Waals surface area contributed by atoms with E-state index in [4.69, 9.17) is 11.5 Å². The van der Waals surface area contributed by atoms with Crippen LogP contribution in [0.15, 0.2) is 30.3 Å². The lowest BCUT2D eigenvalue weighted by Gasteiger charge is -2.35. The maximum atomic E-state index is 11.9. The van der Waals surface area contributed by atoms with Crippen LogP contribution in [0.2, 0.25) is 0 Å². The standard InChI is InChI=1S/C22H28N4O5S/c1-12(27)18(21(29)30)26(15-7-2-3-8-15)11-13-5-4-6-14(9-13)17-10-16(19(23)28)20(32-17)25-22(24)31/h4-6,9-10,12,15,18,27H,2-3,7-8,11H2,1H3,(H2,23,28)(H,29,30)(H3,24,25,31)/t12?,18-/m0/s1. The third-order valence-electron chi connectivity index (χ3n) is 5.67. The van der Waals surface area contributed by atoms with E-state index in [2.05, 4.69) is 5.32 Å². The topological polar surface area (TPSA) is 159 Å². The van der Waals surface area contributed by atoms with Crippen molar-refractivity contribution < 1.29 is 24.6 Å². The molecular formula is C22H28N4O5S. The number of carbonyl (C=O) groups excluding carboxylic acids is 2. The Labute approximate surface area is 190 Å². The maximum Gasteiger partial charge on any atom is 0.323 e. The van der Waals surface area contributed by atoms with Crippen molar-refractivity contribution in [3.05, 3.63) is 41.5 Å². The molecule has 0 radical (unpaired) electrons. The number of aliphatic carboxylic acids is 1. The molecule has 32 heavy (non-hydrogen) atoms. The Hall–Kier alpha value is -2.95.